The molecule has 0 bridgehead atoms. The molecule has 0 aromatic heterocycles. The SMILES string of the molecule is O=CN(O)C[C@H](O)[C@H](O)[C@H](O)C(O)C(O)P(=O)([O-])O.[Na+]. The van der Waals surface area contributed by atoms with Crippen LogP contribution in [0.4, 0.5) is 0 Å². The summed E-state index contributed by atoms with van der Waals surface area (Å²) in [6.45, 7) is -0.849. The van der Waals surface area contributed by atoms with Gasteiger partial charge in [0.15, 0.2) is 7.60 Å². The summed E-state index contributed by atoms with van der Waals surface area (Å²) in [6.07, 6.45) is -9.14. The summed E-state index contributed by atoms with van der Waals surface area (Å²) >= 11 is 0. The van der Waals surface area contributed by atoms with Crippen molar-refractivity contribution in [1.29, 1.82) is 0 Å². The Labute approximate surface area is 135 Å². The van der Waals surface area contributed by atoms with E-state index in [2.05, 4.69) is 0 Å². The Morgan fingerprint density at radius 2 is 1.55 bits per heavy atom. The van der Waals surface area contributed by atoms with Crippen molar-refractivity contribution < 1.29 is 79.4 Å². The summed E-state index contributed by atoms with van der Waals surface area (Å²) < 4.78 is 10.5. The molecule has 0 rings (SSSR count). The first kappa shape index (κ1) is 22.7. The van der Waals surface area contributed by atoms with Crippen LogP contribution < -0.4 is 34.5 Å². The van der Waals surface area contributed by atoms with Gasteiger partial charge in [0.05, 0.1) is 6.54 Å². The Hall–Kier alpha value is 0.380. The topological polar surface area (TPSA) is 202 Å². The molecule has 0 aliphatic heterocycles. The molecule has 1 amide bonds. The van der Waals surface area contributed by atoms with E-state index in [1.807, 2.05) is 0 Å². The van der Waals surface area contributed by atoms with Gasteiger partial charge in [-0.1, -0.05) is 0 Å². The Kier molecular flexibility index (Phi) is 10.7. The van der Waals surface area contributed by atoms with Crippen LogP contribution in [0.5, 0.6) is 0 Å². The van der Waals surface area contributed by atoms with Gasteiger partial charge >= 0.3 is 29.6 Å². The molecule has 114 valence electrons. The Morgan fingerprint density at radius 1 is 1.10 bits per heavy atom. The molecule has 0 radical (unpaired) electrons. The van der Waals surface area contributed by atoms with E-state index >= 15 is 0 Å². The number of hydrogen-bond donors (Lipinski definition) is 7. The second kappa shape index (κ2) is 9.41. The molecule has 0 fully saturated rings. The summed E-state index contributed by atoms with van der Waals surface area (Å²) in [4.78, 5) is 29.0. The molecule has 0 aliphatic rings. The van der Waals surface area contributed by atoms with Crippen LogP contribution in [0.3, 0.4) is 0 Å². The standard InChI is InChI=1S/C7H16NO10P.Na/c9-2-8(15)1-3(10)4(11)5(12)6(13)7(14)19(16,17)18;/h2-7,10-15H,1H2,(H2,16,17,18);/q;+1/p-1/t3-,4-,5-,6?,7?;/m0./s1. The zero-order valence-electron chi connectivity index (χ0n) is 10.4. The average Bonchev–Trinajstić information content (AvgIpc) is 2.33. The molecular formula is C7H15NNaO10P. The molecule has 0 aromatic carbocycles. The van der Waals surface area contributed by atoms with Gasteiger partial charge in [-0.2, -0.15) is 0 Å². The van der Waals surface area contributed by atoms with E-state index in [9.17, 15) is 34.7 Å². The number of rotatable bonds is 8. The molecule has 0 saturated carbocycles. The maximum Gasteiger partial charge on any atom is 1.00 e. The molecular weight excluding hydrogens is 312 g/mol. The van der Waals surface area contributed by atoms with Gasteiger partial charge in [-0.05, 0) is 0 Å². The van der Waals surface area contributed by atoms with Gasteiger partial charge in [0.2, 0.25) is 6.41 Å². The van der Waals surface area contributed by atoms with E-state index in [0.29, 0.717) is 0 Å². The van der Waals surface area contributed by atoms with Crippen LogP contribution in [0.15, 0.2) is 0 Å². The number of amides is 1. The van der Waals surface area contributed by atoms with Gasteiger partial charge in [-0.15, -0.1) is 0 Å². The maximum atomic E-state index is 10.5. The summed E-state index contributed by atoms with van der Waals surface area (Å²) in [5, 5.41) is 54.6. The van der Waals surface area contributed by atoms with Crippen LogP contribution in [-0.4, -0.2) is 83.9 Å². The van der Waals surface area contributed by atoms with Crippen molar-refractivity contribution in [2.45, 2.75) is 30.3 Å². The maximum absolute atomic E-state index is 10.5. The number of hydroxylamine groups is 2. The number of aliphatic hydroxyl groups excluding tert-OH is 5. The molecule has 0 heterocycles. The van der Waals surface area contributed by atoms with Crippen molar-refractivity contribution in [3.05, 3.63) is 0 Å². The average molecular weight is 327 g/mol. The van der Waals surface area contributed by atoms with Crippen molar-refractivity contribution in [3.63, 3.8) is 0 Å². The minimum Gasteiger partial charge on any atom is -0.777 e. The van der Waals surface area contributed by atoms with Crippen molar-refractivity contribution in [2.24, 2.45) is 0 Å². The van der Waals surface area contributed by atoms with Gasteiger partial charge in [0.25, 0.3) is 0 Å². The second-order valence-corrected chi connectivity index (χ2v) is 5.40. The van der Waals surface area contributed by atoms with E-state index in [1.165, 1.54) is 0 Å². The fourth-order valence-electron chi connectivity index (χ4n) is 1.14. The van der Waals surface area contributed by atoms with E-state index in [4.69, 9.17) is 15.2 Å². The first-order valence-electron chi connectivity index (χ1n) is 4.87. The summed E-state index contributed by atoms with van der Waals surface area (Å²) in [7, 11) is -5.38. The Balaban J connectivity index is 0. The zero-order valence-corrected chi connectivity index (χ0v) is 13.3. The summed E-state index contributed by atoms with van der Waals surface area (Å²) in [5.74, 6) is -2.78. The molecule has 0 spiro atoms. The van der Waals surface area contributed by atoms with Gasteiger partial charge in [-0.3, -0.25) is 10.0 Å². The number of nitrogens with zero attached hydrogens (tertiary/aromatic N) is 1. The van der Waals surface area contributed by atoms with E-state index < -0.39 is 44.4 Å². The first-order valence-corrected chi connectivity index (χ1v) is 6.51. The monoisotopic (exact) mass is 327 g/mol. The van der Waals surface area contributed by atoms with Crippen LogP contribution in [0.25, 0.3) is 0 Å². The minimum absolute atomic E-state index is 0. The van der Waals surface area contributed by atoms with Crippen molar-refractivity contribution >= 4 is 14.0 Å². The van der Waals surface area contributed by atoms with Gasteiger partial charge < -0.3 is 39.9 Å². The summed E-state index contributed by atoms with van der Waals surface area (Å²) in [6, 6.07) is 0. The molecule has 3 unspecified atom stereocenters. The van der Waals surface area contributed by atoms with Crippen molar-refractivity contribution in [3.8, 4) is 0 Å². The third kappa shape index (κ3) is 6.89. The fourth-order valence-corrected chi connectivity index (χ4v) is 1.70. The number of carbonyl (C=O) groups is 1. The van der Waals surface area contributed by atoms with Gasteiger partial charge in [-0.25, -0.2) is 5.06 Å². The molecule has 20 heavy (non-hydrogen) atoms. The predicted octanol–water partition coefficient (Wildman–Crippen LogP) is -7.85. The van der Waals surface area contributed by atoms with Crippen LogP contribution in [-0.2, 0) is 9.36 Å². The third-order valence-electron chi connectivity index (χ3n) is 2.23. The molecule has 0 saturated heterocycles. The largest absolute Gasteiger partial charge is 1.00 e. The van der Waals surface area contributed by atoms with E-state index in [-0.39, 0.29) is 41.0 Å². The van der Waals surface area contributed by atoms with Gasteiger partial charge in [0.1, 0.15) is 30.3 Å². The van der Waals surface area contributed by atoms with Crippen LogP contribution in [0.2, 0.25) is 0 Å². The smallest absolute Gasteiger partial charge is 0.777 e. The summed E-state index contributed by atoms with van der Waals surface area (Å²) in [5.41, 5.74) is 0. The zero-order chi connectivity index (χ0) is 15.4. The van der Waals surface area contributed by atoms with Crippen LogP contribution in [0.1, 0.15) is 0 Å². The molecule has 0 aromatic rings. The predicted molar refractivity (Wildman–Crippen MR) is 54.4 cm³/mol. The fraction of sp³-hybridized carbons (Fsp3) is 0.857. The second-order valence-electron chi connectivity index (χ2n) is 3.74. The normalized spacial score (nSPS) is 21.6. The molecule has 0 aliphatic carbocycles. The van der Waals surface area contributed by atoms with Gasteiger partial charge in [0, 0.05) is 0 Å². The molecule has 11 nitrogen and oxygen atoms in total. The third-order valence-corrected chi connectivity index (χ3v) is 3.20. The Morgan fingerprint density at radius 3 is 1.90 bits per heavy atom. The van der Waals surface area contributed by atoms with Crippen LogP contribution in [0, 0.1) is 0 Å². The number of hydrogen-bond acceptors (Lipinski definition) is 9. The van der Waals surface area contributed by atoms with E-state index in [1.54, 1.807) is 0 Å². The first-order chi connectivity index (χ1) is 8.52. The molecule has 13 heteroatoms. The van der Waals surface area contributed by atoms with Crippen molar-refractivity contribution in [1.82, 2.24) is 5.06 Å². The number of aliphatic hydroxyl groups is 5. The van der Waals surface area contributed by atoms with Crippen LogP contribution >= 0.6 is 7.60 Å². The van der Waals surface area contributed by atoms with Crippen molar-refractivity contribution in [2.75, 3.05) is 6.54 Å². The van der Waals surface area contributed by atoms with E-state index in [0.717, 1.165) is 0 Å². The molecule has 6 atom stereocenters. The Bertz CT molecular complexity index is 340. The minimum atomic E-state index is -5.38. The quantitative estimate of drug-likeness (QED) is 0.0737. The molecule has 7 N–H and O–H groups in total. The number of carbonyl (C=O) groups excluding carboxylic acids is 1.